The van der Waals surface area contributed by atoms with Gasteiger partial charge in [-0.05, 0) is 0 Å². The first kappa shape index (κ1) is 4.09. The summed E-state index contributed by atoms with van der Waals surface area (Å²) in [6.45, 7) is 0.798. The van der Waals surface area contributed by atoms with Crippen LogP contribution in [0.4, 0.5) is 0 Å². The summed E-state index contributed by atoms with van der Waals surface area (Å²) in [7, 11) is 0. The quantitative estimate of drug-likeness (QED) is 0.502. The Labute approximate surface area is 46.2 Å². The molecule has 1 fully saturated rings. The van der Waals surface area contributed by atoms with Crippen LogP contribution in [-0.4, -0.2) is 11.8 Å². The molecule has 0 radical (unpaired) electrons. The molecule has 3 heteroatoms. The molecule has 42 valence electrons. The summed E-state index contributed by atoms with van der Waals surface area (Å²) in [5, 5.41) is 3.68. The first-order chi connectivity index (χ1) is 3.97. The van der Waals surface area contributed by atoms with Crippen LogP contribution in [-0.2, 0) is 4.74 Å². The van der Waals surface area contributed by atoms with E-state index in [1.54, 1.807) is 6.26 Å². The summed E-state index contributed by atoms with van der Waals surface area (Å²) in [5.41, 5.74) is 0.907. The van der Waals surface area contributed by atoms with Crippen LogP contribution >= 0.6 is 0 Å². The van der Waals surface area contributed by atoms with Gasteiger partial charge in [0.25, 0.3) is 0 Å². The molecular weight excluding hydrogens is 106 g/mol. The molecule has 0 unspecified atom stereocenters. The lowest BCUT2D eigenvalue weighted by Crippen LogP contribution is -1.75. The molecule has 8 heavy (non-hydrogen) atoms. The monoisotopic (exact) mass is 111 g/mol. The Morgan fingerprint density at radius 2 is 2.62 bits per heavy atom. The van der Waals surface area contributed by atoms with Crippen molar-refractivity contribution < 1.29 is 9.26 Å². The van der Waals surface area contributed by atoms with Crippen LogP contribution in [0.25, 0.3) is 0 Å². The van der Waals surface area contributed by atoms with E-state index in [0.717, 1.165) is 12.3 Å². The van der Waals surface area contributed by atoms with Gasteiger partial charge in [0.1, 0.15) is 18.1 Å². The molecule has 0 bridgehead atoms. The van der Waals surface area contributed by atoms with Gasteiger partial charge in [-0.2, -0.15) is 0 Å². The summed E-state index contributed by atoms with van der Waals surface area (Å²) >= 11 is 0. The molecule has 2 rings (SSSR count). The molecule has 1 atom stereocenters. The third-order valence-corrected chi connectivity index (χ3v) is 1.12. The maximum absolute atomic E-state index is 4.93. The van der Waals surface area contributed by atoms with Gasteiger partial charge < -0.3 is 9.26 Å². The average molecular weight is 111 g/mol. The molecule has 1 aliphatic rings. The van der Waals surface area contributed by atoms with E-state index in [4.69, 9.17) is 4.74 Å². The minimum atomic E-state index is 0.230. The zero-order valence-electron chi connectivity index (χ0n) is 4.20. The third kappa shape index (κ3) is 0.518. The van der Waals surface area contributed by atoms with Crippen molar-refractivity contribution in [1.29, 1.82) is 0 Å². The van der Waals surface area contributed by atoms with Gasteiger partial charge in [-0.15, -0.1) is 0 Å². The van der Waals surface area contributed by atoms with Gasteiger partial charge in [0.05, 0.1) is 6.61 Å². The predicted molar refractivity (Wildman–Crippen MR) is 25.2 cm³/mol. The lowest BCUT2D eigenvalue weighted by atomic mass is 10.3. The fourth-order valence-corrected chi connectivity index (χ4v) is 0.607. The summed E-state index contributed by atoms with van der Waals surface area (Å²) in [6, 6.07) is 1.82. The van der Waals surface area contributed by atoms with Crippen molar-refractivity contribution in [2.75, 3.05) is 6.61 Å². The maximum Gasteiger partial charge on any atom is 0.126 e. The Morgan fingerprint density at radius 3 is 3.12 bits per heavy atom. The summed E-state index contributed by atoms with van der Waals surface area (Å²) in [5.74, 6) is 0. The smallest absolute Gasteiger partial charge is 0.126 e. The van der Waals surface area contributed by atoms with Gasteiger partial charge >= 0.3 is 0 Å². The molecule has 0 N–H and O–H groups in total. The number of nitrogens with zero attached hydrogens (tertiary/aromatic N) is 1. The number of aromatic nitrogens is 1. The van der Waals surface area contributed by atoms with Crippen LogP contribution < -0.4 is 0 Å². The van der Waals surface area contributed by atoms with Crippen molar-refractivity contribution in [2.24, 2.45) is 0 Å². The molecule has 0 amide bonds. The lowest BCUT2D eigenvalue weighted by Gasteiger charge is -1.75. The number of rotatable bonds is 1. The zero-order chi connectivity index (χ0) is 5.40. The van der Waals surface area contributed by atoms with Crippen LogP contribution in [0.1, 0.15) is 11.8 Å². The van der Waals surface area contributed by atoms with Crippen molar-refractivity contribution in [1.82, 2.24) is 5.16 Å². The highest BCUT2D eigenvalue weighted by Crippen LogP contribution is 2.27. The molecule has 0 aromatic carbocycles. The Bertz CT molecular complexity index is 167. The molecule has 0 spiro atoms. The second kappa shape index (κ2) is 1.32. The van der Waals surface area contributed by atoms with Gasteiger partial charge in [0.2, 0.25) is 0 Å². The van der Waals surface area contributed by atoms with Crippen LogP contribution in [0, 0.1) is 0 Å². The Kier molecular flexibility index (Phi) is 0.676. The van der Waals surface area contributed by atoms with Crippen LogP contribution in [0.2, 0.25) is 0 Å². The molecule has 0 aliphatic carbocycles. The first-order valence-corrected chi connectivity index (χ1v) is 2.49. The number of epoxide rings is 1. The zero-order valence-corrected chi connectivity index (χ0v) is 4.20. The first-order valence-electron chi connectivity index (χ1n) is 2.49. The molecule has 3 nitrogen and oxygen atoms in total. The average Bonchev–Trinajstić information content (AvgIpc) is 2.49. The highest BCUT2D eigenvalue weighted by Gasteiger charge is 2.26. The highest BCUT2D eigenvalue weighted by molar-refractivity contribution is 5.04. The third-order valence-electron chi connectivity index (χ3n) is 1.12. The van der Waals surface area contributed by atoms with E-state index in [0.29, 0.717) is 0 Å². The largest absolute Gasteiger partial charge is 0.366 e. The Morgan fingerprint density at radius 1 is 1.75 bits per heavy atom. The topological polar surface area (TPSA) is 38.6 Å². The minimum Gasteiger partial charge on any atom is -0.366 e. The van der Waals surface area contributed by atoms with E-state index in [9.17, 15) is 0 Å². The standard InChI is InChI=1S/C5H5NO2/c1-2-8-6-4(1)5-3-7-5/h1-2,5H,3H2/t5-/m1/s1. The Hall–Kier alpha value is -0.830. The second-order valence-electron chi connectivity index (χ2n) is 1.75. The SMILES string of the molecule is c1cc([C@H]2CO2)no1. The van der Waals surface area contributed by atoms with Crippen molar-refractivity contribution in [3.8, 4) is 0 Å². The van der Waals surface area contributed by atoms with Crippen LogP contribution in [0.3, 0.4) is 0 Å². The van der Waals surface area contributed by atoms with Crippen molar-refractivity contribution in [3.63, 3.8) is 0 Å². The lowest BCUT2D eigenvalue weighted by molar-refractivity contribution is 0.376. The van der Waals surface area contributed by atoms with Gasteiger partial charge in [0, 0.05) is 6.07 Å². The fraction of sp³-hybridized carbons (Fsp3) is 0.400. The minimum absolute atomic E-state index is 0.230. The summed E-state index contributed by atoms with van der Waals surface area (Å²) in [4.78, 5) is 0. The van der Waals surface area contributed by atoms with Crippen LogP contribution in [0.5, 0.6) is 0 Å². The summed E-state index contributed by atoms with van der Waals surface area (Å²) in [6.07, 6.45) is 1.78. The van der Waals surface area contributed by atoms with Crippen molar-refractivity contribution in [3.05, 3.63) is 18.0 Å². The molecule has 0 saturated carbocycles. The molecule has 1 aliphatic heterocycles. The van der Waals surface area contributed by atoms with Crippen LogP contribution in [0.15, 0.2) is 16.9 Å². The molecule has 1 saturated heterocycles. The molecular formula is C5H5NO2. The molecule has 1 aromatic rings. The summed E-state index contributed by atoms with van der Waals surface area (Å²) < 4.78 is 9.52. The fourth-order valence-electron chi connectivity index (χ4n) is 0.607. The normalized spacial score (nSPS) is 25.8. The number of ether oxygens (including phenoxy) is 1. The van der Waals surface area contributed by atoms with E-state index < -0.39 is 0 Å². The van der Waals surface area contributed by atoms with Crippen molar-refractivity contribution >= 4 is 0 Å². The second-order valence-corrected chi connectivity index (χ2v) is 1.75. The predicted octanol–water partition coefficient (Wildman–Crippen LogP) is 0.746. The van der Waals surface area contributed by atoms with Gasteiger partial charge in [-0.25, -0.2) is 0 Å². The van der Waals surface area contributed by atoms with Crippen molar-refractivity contribution in [2.45, 2.75) is 6.10 Å². The van der Waals surface area contributed by atoms with Gasteiger partial charge in [0.15, 0.2) is 0 Å². The van der Waals surface area contributed by atoms with E-state index in [-0.39, 0.29) is 6.10 Å². The van der Waals surface area contributed by atoms with Gasteiger partial charge in [-0.3, -0.25) is 0 Å². The van der Waals surface area contributed by atoms with Gasteiger partial charge in [-0.1, -0.05) is 5.16 Å². The Balaban J connectivity index is 2.28. The van der Waals surface area contributed by atoms with E-state index in [2.05, 4.69) is 9.68 Å². The maximum atomic E-state index is 4.93. The van der Waals surface area contributed by atoms with E-state index >= 15 is 0 Å². The number of hydrogen-bond donors (Lipinski definition) is 0. The number of hydrogen-bond acceptors (Lipinski definition) is 3. The van der Waals surface area contributed by atoms with E-state index in [1.165, 1.54) is 0 Å². The molecule has 1 aromatic heterocycles. The van der Waals surface area contributed by atoms with E-state index in [1.807, 2.05) is 6.07 Å². The molecule has 2 heterocycles. The highest BCUT2D eigenvalue weighted by atomic mass is 16.6.